The van der Waals surface area contributed by atoms with Crippen molar-refractivity contribution >= 4 is 5.91 Å². The number of carbonyl (C=O) groups excluding carboxylic acids is 1. The van der Waals surface area contributed by atoms with Crippen molar-refractivity contribution in [1.82, 2.24) is 5.32 Å². The van der Waals surface area contributed by atoms with Gasteiger partial charge in [-0.2, -0.15) is 0 Å². The zero-order valence-electron chi connectivity index (χ0n) is 8.39. The standard InChI is InChI=1S/C11H15NO3/c13-7-6-10(8-14)12-11(15)9-4-2-1-3-5-9/h1-5,10,13-14H,6-8H2,(H,12,15)/t10-/m1/s1. The Hall–Kier alpha value is -1.39. The van der Waals surface area contributed by atoms with Gasteiger partial charge in [0.1, 0.15) is 0 Å². The van der Waals surface area contributed by atoms with Gasteiger partial charge in [-0.25, -0.2) is 0 Å². The Bertz CT molecular complexity index is 300. The van der Waals surface area contributed by atoms with Crippen molar-refractivity contribution in [2.24, 2.45) is 0 Å². The lowest BCUT2D eigenvalue weighted by molar-refractivity contribution is 0.0904. The van der Waals surface area contributed by atoms with Crippen LogP contribution in [0.25, 0.3) is 0 Å². The fourth-order valence-corrected chi connectivity index (χ4v) is 1.22. The molecule has 0 fully saturated rings. The van der Waals surface area contributed by atoms with Crippen molar-refractivity contribution in [2.45, 2.75) is 12.5 Å². The molecule has 1 amide bonds. The van der Waals surface area contributed by atoms with Gasteiger partial charge in [0.15, 0.2) is 0 Å². The number of nitrogens with one attached hydrogen (secondary N) is 1. The zero-order valence-corrected chi connectivity index (χ0v) is 8.39. The van der Waals surface area contributed by atoms with E-state index in [-0.39, 0.29) is 25.2 Å². The van der Waals surface area contributed by atoms with Crippen LogP contribution < -0.4 is 5.32 Å². The number of aliphatic hydroxyl groups is 2. The van der Waals surface area contributed by atoms with Gasteiger partial charge in [0.25, 0.3) is 5.91 Å². The van der Waals surface area contributed by atoms with E-state index in [9.17, 15) is 4.79 Å². The summed E-state index contributed by atoms with van der Waals surface area (Å²) in [7, 11) is 0. The maximum atomic E-state index is 11.6. The minimum atomic E-state index is -0.386. The van der Waals surface area contributed by atoms with Gasteiger partial charge in [-0.15, -0.1) is 0 Å². The van der Waals surface area contributed by atoms with Crippen LogP contribution in [-0.2, 0) is 0 Å². The normalized spacial score (nSPS) is 12.1. The van der Waals surface area contributed by atoms with Crippen LogP contribution >= 0.6 is 0 Å². The summed E-state index contributed by atoms with van der Waals surface area (Å²) in [5.74, 6) is -0.233. The zero-order chi connectivity index (χ0) is 11.1. The molecule has 0 unspecified atom stereocenters. The van der Waals surface area contributed by atoms with Crippen molar-refractivity contribution in [2.75, 3.05) is 13.2 Å². The van der Waals surface area contributed by atoms with Gasteiger partial charge in [0.2, 0.25) is 0 Å². The van der Waals surface area contributed by atoms with E-state index in [0.29, 0.717) is 12.0 Å². The summed E-state index contributed by atoms with van der Waals surface area (Å²) < 4.78 is 0. The van der Waals surface area contributed by atoms with Crippen molar-refractivity contribution < 1.29 is 15.0 Å². The molecule has 15 heavy (non-hydrogen) atoms. The summed E-state index contributed by atoms with van der Waals surface area (Å²) in [5.41, 5.74) is 0.550. The summed E-state index contributed by atoms with van der Waals surface area (Å²) in [6.45, 7) is -0.223. The quantitative estimate of drug-likeness (QED) is 0.647. The molecule has 4 heteroatoms. The SMILES string of the molecule is O=C(N[C@@H](CO)CCO)c1ccccc1. The highest BCUT2D eigenvalue weighted by molar-refractivity contribution is 5.94. The van der Waals surface area contributed by atoms with E-state index in [1.807, 2.05) is 6.07 Å². The lowest BCUT2D eigenvalue weighted by Crippen LogP contribution is -2.38. The van der Waals surface area contributed by atoms with Gasteiger partial charge in [0, 0.05) is 12.2 Å². The average molecular weight is 209 g/mol. The van der Waals surface area contributed by atoms with E-state index < -0.39 is 0 Å². The molecule has 1 atom stereocenters. The lowest BCUT2D eigenvalue weighted by Gasteiger charge is -2.14. The van der Waals surface area contributed by atoms with Gasteiger partial charge >= 0.3 is 0 Å². The van der Waals surface area contributed by atoms with Gasteiger partial charge in [-0.1, -0.05) is 18.2 Å². The number of hydrogen-bond donors (Lipinski definition) is 3. The number of amides is 1. The van der Waals surface area contributed by atoms with Crippen molar-refractivity contribution in [3.8, 4) is 0 Å². The highest BCUT2D eigenvalue weighted by atomic mass is 16.3. The second-order valence-electron chi connectivity index (χ2n) is 3.23. The van der Waals surface area contributed by atoms with Crippen molar-refractivity contribution in [3.05, 3.63) is 35.9 Å². The van der Waals surface area contributed by atoms with Crippen LogP contribution in [-0.4, -0.2) is 35.4 Å². The maximum Gasteiger partial charge on any atom is 0.251 e. The minimum Gasteiger partial charge on any atom is -0.396 e. The highest BCUT2D eigenvalue weighted by Gasteiger charge is 2.11. The summed E-state index contributed by atoms with van der Waals surface area (Å²) in [6.07, 6.45) is 0.356. The molecule has 0 spiro atoms. The third-order valence-electron chi connectivity index (χ3n) is 2.07. The first-order chi connectivity index (χ1) is 7.27. The molecule has 4 nitrogen and oxygen atoms in total. The summed E-state index contributed by atoms with van der Waals surface area (Å²) in [4.78, 5) is 11.6. The monoisotopic (exact) mass is 209 g/mol. The Morgan fingerprint density at radius 1 is 1.27 bits per heavy atom. The van der Waals surface area contributed by atoms with Crippen molar-refractivity contribution in [3.63, 3.8) is 0 Å². The lowest BCUT2D eigenvalue weighted by atomic mass is 10.2. The van der Waals surface area contributed by atoms with Crippen LogP contribution in [0.3, 0.4) is 0 Å². The summed E-state index contributed by atoms with van der Waals surface area (Å²) in [5, 5.41) is 20.3. The van der Waals surface area contributed by atoms with Crippen LogP contribution in [0.1, 0.15) is 16.8 Å². The first-order valence-electron chi connectivity index (χ1n) is 4.85. The molecule has 82 valence electrons. The fourth-order valence-electron chi connectivity index (χ4n) is 1.22. The van der Waals surface area contributed by atoms with Crippen LogP contribution in [0.15, 0.2) is 30.3 Å². The van der Waals surface area contributed by atoms with Crippen LogP contribution in [0, 0.1) is 0 Å². The fraction of sp³-hybridized carbons (Fsp3) is 0.364. The maximum absolute atomic E-state index is 11.6. The van der Waals surface area contributed by atoms with Gasteiger partial charge in [-0.3, -0.25) is 4.79 Å². The van der Waals surface area contributed by atoms with Crippen LogP contribution in [0.2, 0.25) is 0 Å². The first kappa shape index (κ1) is 11.7. The largest absolute Gasteiger partial charge is 0.396 e. The van der Waals surface area contributed by atoms with Gasteiger partial charge in [0.05, 0.1) is 12.6 Å². The van der Waals surface area contributed by atoms with E-state index in [2.05, 4.69) is 5.32 Å². The highest BCUT2D eigenvalue weighted by Crippen LogP contribution is 1.99. The molecule has 0 aliphatic carbocycles. The topological polar surface area (TPSA) is 69.6 Å². The van der Waals surface area contributed by atoms with Crippen LogP contribution in [0.5, 0.6) is 0 Å². The number of rotatable bonds is 5. The molecule has 0 heterocycles. The minimum absolute atomic E-state index is 0.0553. The number of aliphatic hydroxyl groups excluding tert-OH is 2. The molecule has 0 bridgehead atoms. The molecular formula is C11H15NO3. The van der Waals surface area contributed by atoms with E-state index >= 15 is 0 Å². The average Bonchev–Trinajstić information content (AvgIpc) is 2.29. The Kier molecular flexibility index (Phi) is 4.80. The molecule has 1 rings (SSSR count). The Balaban J connectivity index is 2.55. The number of carbonyl (C=O) groups is 1. The van der Waals surface area contributed by atoms with Gasteiger partial charge in [-0.05, 0) is 18.6 Å². The Morgan fingerprint density at radius 2 is 1.93 bits per heavy atom. The second kappa shape index (κ2) is 6.16. The summed E-state index contributed by atoms with van der Waals surface area (Å²) >= 11 is 0. The molecule has 1 aromatic rings. The molecule has 0 aliphatic rings. The Labute approximate surface area is 88.6 Å². The van der Waals surface area contributed by atoms with E-state index in [0.717, 1.165) is 0 Å². The molecule has 0 saturated heterocycles. The number of benzene rings is 1. The molecule has 0 saturated carbocycles. The van der Waals surface area contributed by atoms with E-state index in [4.69, 9.17) is 10.2 Å². The molecule has 0 radical (unpaired) electrons. The summed E-state index contributed by atoms with van der Waals surface area (Å²) in [6, 6.07) is 8.38. The molecule has 1 aromatic carbocycles. The predicted octanol–water partition coefficient (Wildman–Crippen LogP) is 0.160. The third kappa shape index (κ3) is 3.69. The molecule has 0 aliphatic heterocycles. The predicted molar refractivity (Wildman–Crippen MR) is 56.5 cm³/mol. The smallest absolute Gasteiger partial charge is 0.251 e. The van der Waals surface area contributed by atoms with Crippen molar-refractivity contribution in [1.29, 1.82) is 0 Å². The van der Waals surface area contributed by atoms with Crippen LogP contribution in [0.4, 0.5) is 0 Å². The second-order valence-corrected chi connectivity index (χ2v) is 3.23. The van der Waals surface area contributed by atoms with Gasteiger partial charge < -0.3 is 15.5 Å². The molecule has 0 aromatic heterocycles. The van der Waals surface area contributed by atoms with E-state index in [1.165, 1.54) is 0 Å². The molecule has 3 N–H and O–H groups in total. The first-order valence-corrected chi connectivity index (χ1v) is 4.85. The third-order valence-corrected chi connectivity index (χ3v) is 2.07. The van der Waals surface area contributed by atoms with E-state index in [1.54, 1.807) is 24.3 Å². The Morgan fingerprint density at radius 3 is 2.47 bits per heavy atom. The molecular weight excluding hydrogens is 194 g/mol. The number of hydrogen-bond acceptors (Lipinski definition) is 3.